The minimum atomic E-state index is -0.263. The molecule has 1 aliphatic carbocycles. The first kappa shape index (κ1) is 25.5. The molecule has 8 nitrogen and oxygen atoms in total. The quantitative estimate of drug-likeness (QED) is 0.388. The third-order valence-electron chi connectivity index (χ3n) is 8.27. The Labute approximate surface area is 214 Å². The SMILES string of the molecule is CNC1C2C=CC(O2)C1C(=O)O[C@@H]1CCN([C@@H]2CCCCC2OCCc2ccc(OC)c(OC)c2)C1. The topological polar surface area (TPSA) is 78.5 Å². The Bertz CT molecular complexity index is 939. The first-order valence-corrected chi connectivity index (χ1v) is 13.4. The van der Waals surface area contributed by atoms with Gasteiger partial charge in [0.1, 0.15) is 12.0 Å². The van der Waals surface area contributed by atoms with Crippen molar-refractivity contribution in [2.24, 2.45) is 5.92 Å². The van der Waals surface area contributed by atoms with Gasteiger partial charge in [-0.1, -0.05) is 31.1 Å². The van der Waals surface area contributed by atoms with Gasteiger partial charge in [-0.3, -0.25) is 9.69 Å². The lowest BCUT2D eigenvalue weighted by molar-refractivity contribution is -0.155. The second-order valence-electron chi connectivity index (χ2n) is 10.3. The second-order valence-corrected chi connectivity index (χ2v) is 10.3. The van der Waals surface area contributed by atoms with Crippen LogP contribution in [0.5, 0.6) is 11.5 Å². The number of fused-ring (bicyclic) bond motifs is 2. The number of benzene rings is 1. The Hall–Kier alpha value is -2.13. The number of carbonyl (C=O) groups excluding carboxylic acids is 1. The molecule has 0 amide bonds. The lowest BCUT2D eigenvalue weighted by atomic mass is 9.89. The van der Waals surface area contributed by atoms with E-state index in [-0.39, 0.29) is 42.3 Å². The summed E-state index contributed by atoms with van der Waals surface area (Å²) in [7, 11) is 5.19. The molecule has 0 spiro atoms. The molecule has 1 saturated carbocycles. The van der Waals surface area contributed by atoms with Crippen molar-refractivity contribution in [2.75, 3.05) is 41.0 Å². The van der Waals surface area contributed by atoms with Gasteiger partial charge in [-0.2, -0.15) is 0 Å². The van der Waals surface area contributed by atoms with Crippen LogP contribution in [0.15, 0.2) is 30.4 Å². The summed E-state index contributed by atoms with van der Waals surface area (Å²) in [4.78, 5) is 15.5. The molecule has 1 aromatic rings. The zero-order chi connectivity index (χ0) is 25.1. The van der Waals surface area contributed by atoms with Gasteiger partial charge in [-0.15, -0.1) is 0 Å². The zero-order valence-corrected chi connectivity index (χ0v) is 21.7. The van der Waals surface area contributed by atoms with Crippen molar-refractivity contribution in [3.05, 3.63) is 35.9 Å². The predicted octanol–water partition coefficient (Wildman–Crippen LogP) is 2.73. The molecular formula is C28H40N2O6. The molecule has 3 aliphatic heterocycles. The van der Waals surface area contributed by atoms with Crippen LogP contribution in [-0.4, -0.2) is 88.3 Å². The van der Waals surface area contributed by atoms with E-state index in [4.69, 9.17) is 23.7 Å². The van der Waals surface area contributed by atoms with Crippen molar-refractivity contribution in [1.82, 2.24) is 10.2 Å². The van der Waals surface area contributed by atoms with E-state index in [1.54, 1.807) is 14.2 Å². The Morgan fingerprint density at radius 3 is 2.69 bits per heavy atom. The van der Waals surface area contributed by atoms with Gasteiger partial charge in [0.2, 0.25) is 0 Å². The minimum Gasteiger partial charge on any atom is -0.493 e. The summed E-state index contributed by atoms with van der Waals surface area (Å²) in [6.07, 6.45) is 10.3. The van der Waals surface area contributed by atoms with E-state index in [1.807, 2.05) is 31.3 Å². The van der Waals surface area contributed by atoms with Gasteiger partial charge < -0.3 is 29.0 Å². The fourth-order valence-electron chi connectivity index (χ4n) is 6.38. The van der Waals surface area contributed by atoms with E-state index in [0.29, 0.717) is 12.6 Å². The van der Waals surface area contributed by atoms with Crippen molar-refractivity contribution in [3.63, 3.8) is 0 Å². The van der Waals surface area contributed by atoms with Gasteiger partial charge >= 0.3 is 5.97 Å². The number of nitrogens with one attached hydrogen (secondary N) is 1. The molecule has 0 radical (unpaired) electrons. The molecule has 36 heavy (non-hydrogen) atoms. The number of esters is 1. The molecule has 5 rings (SSSR count). The molecule has 198 valence electrons. The molecule has 1 aromatic carbocycles. The van der Waals surface area contributed by atoms with E-state index in [0.717, 1.165) is 50.3 Å². The van der Waals surface area contributed by atoms with E-state index in [9.17, 15) is 4.79 Å². The van der Waals surface area contributed by atoms with Crippen LogP contribution in [0.4, 0.5) is 0 Å². The number of ether oxygens (including phenoxy) is 5. The highest BCUT2D eigenvalue weighted by molar-refractivity contribution is 5.76. The number of hydrogen-bond donors (Lipinski definition) is 1. The maximum atomic E-state index is 13.0. The summed E-state index contributed by atoms with van der Waals surface area (Å²) in [5.41, 5.74) is 1.17. The first-order chi connectivity index (χ1) is 17.6. The minimum absolute atomic E-state index is 0.00759. The van der Waals surface area contributed by atoms with Crippen LogP contribution in [0.1, 0.15) is 37.7 Å². The van der Waals surface area contributed by atoms with Crippen LogP contribution in [0.3, 0.4) is 0 Å². The molecular weight excluding hydrogens is 460 g/mol. The Morgan fingerprint density at radius 2 is 1.89 bits per heavy atom. The molecule has 0 aromatic heterocycles. The van der Waals surface area contributed by atoms with Gasteiger partial charge in [0.05, 0.1) is 45.2 Å². The van der Waals surface area contributed by atoms with E-state index >= 15 is 0 Å². The summed E-state index contributed by atoms with van der Waals surface area (Å²) in [6.45, 7) is 2.40. The van der Waals surface area contributed by atoms with Crippen LogP contribution in [0.25, 0.3) is 0 Å². The third kappa shape index (κ3) is 5.28. The van der Waals surface area contributed by atoms with Crippen molar-refractivity contribution in [2.45, 2.75) is 75.0 Å². The van der Waals surface area contributed by atoms with Crippen molar-refractivity contribution >= 4 is 5.97 Å². The number of likely N-dealkylation sites (N-methyl/N-ethyl adjacent to an activating group) is 1. The second kappa shape index (κ2) is 11.5. The molecule has 8 heteroatoms. The van der Waals surface area contributed by atoms with Crippen molar-refractivity contribution < 1.29 is 28.5 Å². The van der Waals surface area contributed by atoms with E-state index < -0.39 is 0 Å². The highest BCUT2D eigenvalue weighted by Gasteiger charge is 2.50. The molecule has 2 bridgehead atoms. The van der Waals surface area contributed by atoms with Crippen LogP contribution >= 0.6 is 0 Å². The van der Waals surface area contributed by atoms with Gasteiger partial charge in [-0.25, -0.2) is 0 Å². The number of carbonyl (C=O) groups is 1. The summed E-state index contributed by atoms with van der Waals surface area (Å²) >= 11 is 0. The third-order valence-corrected chi connectivity index (χ3v) is 8.27. The lowest BCUT2D eigenvalue weighted by Gasteiger charge is -2.37. The standard InChI is InChI=1S/C28H40N2O6/c1-29-27-24-11-10-23(36-24)26(27)28(31)35-19-12-14-30(17-19)20-6-4-5-7-21(20)34-15-13-18-8-9-22(32-2)25(16-18)33-3/h8-11,16,19-21,23-24,26-27,29H,4-7,12-15,17H2,1-3H3/t19-,20-,21?,23?,24?,26?,27?/m1/s1. The van der Waals surface area contributed by atoms with E-state index in [1.165, 1.54) is 18.4 Å². The van der Waals surface area contributed by atoms with Gasteiger partial charge in [0.25, 0.3) is 0 Å². The number of methoxy groups -OCH3 is 2. The smallest absolute Gasteiger partial charge is 0.313 e. The number of nitrogens with zero attached hydrogens (tertiary/aromatic N) is 1. The summed E-state index contributed by atoms with van der Waals surface area (Å²) < 4.78 is 29.1. The van der Waals surface area contributed by atoms with Gasteiger partial charge in [0.15, 0.2) is 11.5 Å². The van der Waals surface area contributed by atoms with Crippen LogP contribution in [-0.2, 0) is 25.4 Å². The number of hydrogen-bond acceptors (Lipinski definition) is 8. The van der Waals surface area contributed by atoms with Gasteiger partial charge in [-0.05, 0) is 50.4 Å². The lowest BCUT2D eigenvalue weighted by Crippen LogP contribution is -2.47. The summed E-state index contributed by atoms with van der Waals surface area (Å²) in [5.74, 6) is 1.09. The highest BCUT2D eigenvalue weighted by Crippen LogP contribution is 2.36. The Kier molecular flexibility index (Phi) is 8.15. The Morgan fingerprint density at radius 1 is 1.08 bits per heavy atom. The normalized spacial score (nSPS) is 33.7. The van der Waals surface area contributed by atoms with Crippen LogP contribution in [0, 0.1) is 5.92 Å². The summed E-state index contributed by atoms with van der Waals surface area (Å²) in [6, 6.07) is 6.41. The molecule has 7 atom stereocenters. The zero-order valence-electron chi connectivity index (χ0n) is 21.7. The average molecular weight is 501 g/mol. The summed E-state index contributed by atoms with van der Waals surface area (Å²) in [5, 5.41) is 3.24. The molecule has 3 fully saturated rings. The molecule has 1 N–H and O–H groups in total. The van der Waals surface area contributed by atoms with Crippen molar-refractivity contribution in [1.29, 1.82) is 0 Å². The predicted molar refractivity (Wildman–Crippen MR) is 135 cm³/mol. The molecule has 3 heterocycles. The number of likely N-dealkylation sites (tertiary alicyclic amines) is 1. The largest absolute Gasteiger partial charge is 0.493 e. The average Bonchev–Trinajstić information content (AvgIpc) is 3.65. The molecule has 2 saturated heterocycles. The van der Waals surface area contributed by atoms with Gasteiger partial charge in [0, 0.05) is 19.1 Å². The fourth-order valence-corrected chi connectivity index (χ4v) is 6.38. The number of rotatable bonds is 10. The Balaban J connectivity index is 1.12. The first-order valence-electron chi connectivity index (χ1n) is 13.4. The maximum absolute atomic E-state index is 13.0. The van der Waals surface area contributed by atoms with Crippen LogP contribution in [0.2, 0.25) is 0 Å². The van der Waals surface area contributed by atoms with Crippen molar-refractivity contribution in [3.8, 4) is 11.5 Å². The van der Waals surface area contributed by atoms with Crippen LogP contribution < -0.4 is 14.8 Å². The highest BCUT2D eigenvalue weighted by atomic mass is 16.6. The monoisotopic (exact) mass is 500 g/mol. The molecule has 4 aliphatic rings. The fraction of sp³-hybridized carbons (Fsp3) is 0.679. The molecule has 5 unspecified atom stereocenters. The van der Waals surface area contributed by atoms with E-state index in [2.05, 4.69) is 16.3 Å². The maximum Gasteiger partial charge on any atom is 0.313 e.